The van der Waals surface area contributed by atoms with E-state index in [2.05, 4.69) is 36.2 Å². The van der Waals surface area contributed by atoms with Gasteiger partial charge in [0.25, 0.3) is 0 Å². The molecule has 17 heavy (non-hydrogen) atoms. The zero-order valence-electron chi connectivity index (χ0n) is 11.1. The molecule has 1 aliphatic carbocycles. The number of nitrogens with zero attached hydrogens (tertiary/aromatic N) is 2. The number of hydrogen-bond acceptors (Lipinski definition) is 4. The van der Waals surface area contributed by atoms with Crippen molar-refractivity contribution in [2.45, 2.75) is 64.8 Å². The first-order valence-corrected chi connectivity index (χ1v) is 6.79. The fourth-order valence-electron chi connectivity index (χ4n) is 2.60. The fraction of sp³-hybridized carbons (Fsp3) is 0.846. The van der Waals surface area contributed by atoms with Crippen molar-refractivity contribution in [3.05, 3.63) is 5.82 Å². The summed E-state index contributed by atoms with van der Waals surface area (Å²) in [6, 6.07) is 0.895. The minimum absolute atomic E-state index is 0.332. The minimum Gasteiger partial charge on any atom is -0.336 e. The lowest BCUT2D eigenvalue weighted by Crippen LogP contribution is -2.15. The maximum Gasteiger partial charge on any atom is 0.321 e. The van der Waals surface area contributed by atoms with Gasteiger partial charge in [0.05, 0.1) is 0 Å². The molecule has 1 aromatic rings. The molecule has 1 fully saturated rings. The summed E-state index contributed by atoms with van der Waals surface area (Å²) in [6.07, 6.45) is 6.35. The van der Waals surface area contributed by atoms with Gasteiger partial charge in [0.15, 0.2) is 5.82 Å². The summed E-state index contributed by atoms with van der Waals surface area (Å²) in [4.78, 5) is 4.45. The zero-order valence-corrected chi connectivity index (χ0v) is 11.1. The quantitative estimate of drug-likeness (QED) is 0.869. The molecule has 1 N–H and O–H groups in total. The van der Waals surface area contributed by atoms with Crippen LogP contribution in [0.3, 0.4) is 0 Å². The van der Waals surface area contributed by atoms with E-state index >= 15 is 0 Å². The van der Waals surface area contributed by atoms with Crippen LogP contribution in [0.15, 0.2) is 4.52 Å². The van der Waals surface area contributed by atoms with Crippen molar-refractivity contribution in [3.63, 3.8) is 0 Å². The van der Waals surface area contributed by atoms with Crippen molar-refractivity contribution in [2.24, 2.45) is 5.92 Å². The van der Waals surface area contributed by atoms with Crippen molar-refractivity contribution in [2.75, 3.05) is 5.32 Å². The third-order valence-electron chi connectivity index (χ3n) is 3.58. The standard InChI is InChI=1S/C13H23N3O/c1-4-10-6-5-7-11(8-10)12-15-13(17-16-12)14-9(2)3/h9-11H,4-8H2,1-3H3,(H,14,15,16). The van der Waals surface area contributed by atoms with Crippen LogP contribution >= 0.6 is 0 Å². The second-order valence-corrected chi connectivity index (χ2v) is 5.39. The van der Waals surface area contributed by atoms with Crippen LogP contribution in [0.1, 0.15) is 64.6 Å². The van der Waals surface area contributed by atoms with Gasteiger partial charge in [-0.05, 0) is 32.6 Å². The van der Waals surface area contributed by atoms with Gasteiger partial charge in [-0.15, -0.1) is 0 Å². The van der Waals surface area contributed by atoms with E-state index in [0.29, 0.717) is 18.0 Å². The van der Waals surface area contributed by atoms with Gasteiger partial charge in [0.2, 0.25) is 0 Å². The molecule has 0 amide bonds. The molecule has 2 rings (SSSR count). The van der Waals surface area contributed by atoms with E-state index in [9.17, 15) is 0 Å². The molecule has 1 aliphatic rings. The third-order valence-corrected chi connectivity index (χ3v) is 3.58. The van der Waals surface area contributed by atoms with Gasteiger partial charge in [-0.3, -0.25) is 0 Å². The summed E-state index contributed by atoms with van der Waals surface area (Å²) < 4.78 is 5.23. The Balaban J connectivity index is 1.99. The minimum atomic E-state index is 0.332. The maximum atomic E-state index is 5.23. The molecule has 1 heterocycles. The Kier molecular flexibility index (Phi) is 4.02. The molecule has 1 aromatic heterocycles. The molecule has 1 saturated carbocycles. The molecule has 0 bridgehead atoms. The van der Waals surface area contributed by atoms with Crippen molar-refractivity contribution in [1.29, 1.82) is 0 Å². The van der Waals surface area contributed by atoms with Gasteiger partial charge in [-0.1, -0.05) is 31.3 Å². The first-order chi connectivity index (χ1) is 8.19. The molecule has 0 aliphatic heterocycles. The second-order valence-electron chi connectivity index (χ2n) is 5.39. The molecule has 4 nitrogen and oxygen atoms in total. The summed E-state index contributed by atoms with van der Waals surface area (Å²) in [5.74, 6) is 2.24. The van der Waals surface area contributed by atoms with Crippen molar-refractivity contribution >= 4 is 6.01 Å². The summed E-state index contributed by atoms with van der Waals surface area (Å²) in [5, 5.41) is 7.26. The Labute approximate surface area is 103 Å². The zero-order chi connectivity index (χ0) is 12.3. The predicted molar refractivity (Wildman–Crippen MR) is 68.0 cm³/mol. The van der Waals surface area contributed by atoms with Crippen LogP contribution in [0.4, 0.5) is 6.01 Å². The second kappa shape index (κ2) is 5.52. The van der Waals surface area contributed by atoms with E-state index in [0.717, 1.165) is 11.7 Å². The van der Waals surface area contributed by atoms with E-state index in [1.165, 1.54) is 32.1 Å². The topological polar surface area (TPSA) is 51.0 Å². The molecule has 4 heteroatoms. The van der Waals surface area contributed by atoms with Crippen LogP contribution in [0.5, 0.6) is 0 Å². The van der Waals surface area contributed by atoms with Crippen molar-refractivity contribution < 1.29 is 4.52 Å². The van der Waals surface area contributed by atoms with Gasteiger partial charge in [0, 0.05) is 12.0 Å². The maximum absolute atomic E-state index is 5.23. The average Bonchev–Trinajstić information content (AvgIpc) is 2.77. The highest BCUT2D eigenvalue weighted by atomic mass is 16.5. The number of rotatable bonds is 4. The smallest absolute Gasteiger partial charge is 0.321 e. The first-order valence-electron chi connectivity index (χ1n) is 6.79. The van der Waals surface area contributed by atoms with Crippen LogP contribution in [0.2, 0.25) is 0 Å². The monoisotopic (exact) mass is 237 g/mol. The van der Waals surface area contributed by atoms with Crippen molar-refractivity contribution in [3.8, 4) is 0 Å². The lowest BCUT2D eigenvalue weighted by molar-refractivity contribution is 0.300. The van der Waals surface area contributed by atoms with E-state index in [-0.39, 0.29) is 0 Å². The Morgan fingerprint density at radius 3 is 2.94 bits per heavy atom. The lowest BCUT2D eigenvalue weighted by atomic mass is 9.80. The third kappa shape index (κ3) is 3.20. The largest absolute Gasteiger partial charge is 0.336 e. The normalized spacial score (nSPS) is 25.2. The van der Waals surface area contributed by atoms with E-state index in [1.807, 2.05) is 0 Å². The lowest BCUT2D eigenvalue weighted by Gasteiger charge is -2.26. The predicted octanol–water partition coefficient (Wildman–Crippen LogP) is 3.57. The van der Waals surface area contributed by atoms with E-state index in [4.69, 9.17) is 4.52 Å². The summed E-state index contributed by atoms with van der Waals surface area (Å²) in [7, 11) is 0. The number of aromatic nitrogens is 2. The van der Waals surface area contributed by atoms with Crippen molar-refractivity contribution in [1.82, 2.24) is 10.1 Å². The number of nitrogens with one attached hydrogen (secondary N) is 1. The molecule has 0 radical (unpaired) electrons. The Bertz CT molecular complexity index is 348. The van der Waals surface area contributed by atoms with Gasteiger partial charge in [-0.25, -0.2) is 0 Å². The van der Waals surface area contributed by atoms with Crippen LogP contribution in [0, 0.1) is 5.92 Å². The Morgan fingerprint density at radius 1 is 1.41 bits per heavy atom. The van der Waals surface area contributed by atoms with E-state index < -0.39 is 0 Å². The van der Waals surface area contributed by atoms with Gasteiger partial charge >= 0.3 is 6.01 Å². The average molecular weight is 237 g/mol. The Hall–Kier alpha value is -1.06. The SMILES string of the molecule is CCC1CCCC(c2noc(NC(C)C)n2)C1. The molecule has 2 atom stereocenters. The van der Waals surface area contributed by atoms with Crippen LogP contribution < -0.4 is 5.32 Å². The summed E-state index contributed by atoms with van der Waals surface area (Å²) >= 11 is 0. The van der Waals surface area contributed by atoms with Crippen LogP contribution in [0.25, 0.3) is 0 Å². The number of anilines is 1. The highest BCUT2D eigenvalue weighted by molar-refractivity contribution is 5.20. The highest BCUT2D eigenvalue weighted by Crippen LogP contribution is 2.36. The van der Waals surface area contributed by atoms with Gasteiger partial charge < -0.3 is 9.84 Å². The highest BCUT2D eigenvalue weighted by Gasteiger charge is 2.25. The fourth-order valence-corrected chi connectivity index (χ4v) is 2.60. The van der Waals surface area contributed by atoms with Gasteiger partial charge in [-0.2, -0.15) is 4.98 Å². The molecule has 2 unspecified atom stereocenters. The molecule has 0 aromatic carbocycles. The molecule has 96 valence electrons. The Morgan fingerprint density at radius 2 is 2.24 bits per heavy atom. The first kappa shape index (κ1) is 12.4. The van der Waals surface area contributed by atoms with Crippen LogP contribution in [-0.4, -0.2) is 16.2 Å². The van der Waals surface area contributed by atoms with Crippen LogP contribution in [-0.2, 0) is 0 Å². The summed E-state index contributed by atoms with van der Waals surface area (Å²) in [5.41, 5.74) is 0. The molecular formula is C13H23N3O. The number of hydrogen-bond donors (Lipinski definition) is 1. The van der Waals surface area contributed by atoms with Gasteiger partial charge in [0.1, 0.15) is 0 Å². The van der Waals surface area contributed by atoms with E-state index in [1.54, 1.807) is 0 Å². The molecule has 0 spiro atoms. The molecular weight excluding hydrogens is 214 g/mol. The summed E-state index contributed by atoms with van der Waals surface area (Å²) in [6.45, 7) is 6.41. The molecule has 0 saturated heterocycles.